The third-order valence-corrected chi connectivity index (χ3v) is 2.75. The third kappa shape index (κ3) is 5.80. The van der Waals surface area contributed by atoms with Crippen molar-refractivity contribution in [2.24, 2.45) is 0 Å². The zero-order valence-electron chi connectivity index (χ0n) is 11.0. The van der Waals surface area contributed by atoms with Crippen molar-refractivity contribution in [3.05, 3.63) is 30.1 Å². The molecule has 1 aromatic heterocycles. The first kappa shape index (κ1) is 14.1. The van der Waals surface area contributed by atoms with Crippen LogP contribution in [0.25, 0.3) is 0 Å². The summed E-state index contributed by atoms with van der Waals surface area (Å²) < 4.78 is 5.62. The number of nitrogens with one attached hydrogen (secondary N) is 1. The Morgan fingerprint density at radius 2 is 2.00 bits per heavy atom. The number of nitrogens with zero attached hydrogens (tertiary/aromatic N) is 1. The molecule has 3 nitrogen and oxygen atoms in total. The molecule has 0 radical (unpaired) electrons. The Hall–Kier alpha value is -0.930. The van der Waals surface area contributed by atoms with Gasteiger partial charge in [0.2, 0.25) is 0 Å². The van der Waals surface area contributed by atoms with Crippen LogP contribution in [0.4, 0.5) is 0 Å². The van der Waals surface area contributed by atoms with Gasteiger partial charge in [-0.2, -0.15) is 0 Å². The Balaban J connectivity index is 2.33. The molecule has 0 saturated heterocycles. The molecule has 1 atom stereocenters. The lowest BCUT2D eigenvalue weighted by molar-refractivity contribution is 0.121. The van der Waals surface area contributed by atoms with Crippen LogP contribution in [0, 0.1) is 0 Å². The minimum absolute atomic E-state index is 0.379. The van der Waals surface area contributed by atoms with Gasteiger partial charge in [0, 0.05) is 31.6 Å². The lowest BCUT2D eigenvalue weighted by atomic mass is 10.1. The lowest BCUT2D eigenvalue weighted by Gasteiger charge is -2.18. The Labute approximate surface area is 105 Å². The van der Waals surface area contributed by atoms with Crippen molar-refractivity contribution >= 4 is 0 Å². The van der Waals surface area contributed by atoms with Crippen molar-refractivity contribution in [1.29, 1.82) is 0 Å². The highest BCUT2D eigenvalue weighted by Crippen LogP contribution is 2.15. The normalized spacial score (nSPS) is 12.6. The van der Waals surface area contributed by atoms with E-state index in [1.807, 2.05) is 12.4 Å². The van der Waals surface area contributed by atoms with Crippen molar-refractivity contribution in [3.8, 4) is 0 Å². The maximum atomic E-state index is 5.62. The summed E-state index contributed by atoms with van der Waals surface area (Å²) >= 11 is 0. The Morgan fingerprint density at radius 1 is 1.24 bits per heavy atom. The number of ether oxygens (including phenoxy) is 1. The molecular weight excluding hydrogens is 212 g/mol. The highest BCUT2D eigenvalue weighted by atomic mass is 16.5. The van der Waals surface area contributed by atoms with Gasteiger partial charge in [-0.25, -0.2) is 0 Å². The average Bonchev–Trinajstić information content (AvgIpc) is 2.38. The van der Waals surface area contributed by atoms with Crippen LogP contribution in [0.5, 0.6) is 0 Å². The van der Waals surface area contributed by atoms with Gasteiger partial charge in [-0.3, -0.25) is 4.98 Å². The van der Waals surface area contributed by atoms with Gasteiger partial charge in [-0.1, -0.05) is 20.3 Å². The SMILES string of the molecule is CCCCOCCC(NCC)c1ccncc1. The van der Waals surface area contributed by atoms with Gasteiger partial charge >= 0.3 is 0 Å². The minimum Gasteiger partial charge on any atom is -0.381 e. The lowest BCUT2D eigenvalue weighted by Crippen LogP contribution is -2.22. The van der Waals surface area contributed by atoms with Crippen molar-refractivity contribution in [2.45, 2.75) is 39.2 Å². The molecule has 0 bridgehead atoms. The summed E-state index contributed by atoms with van der Waals surface area (Å²) in [6.07, 6.45) is 7.05. The van der Waals surface area contributed by atoms with Gasteiger partial charge in [0.1, 0.15) is 0 Å². The first-order valence-electron chi connectivity index (χ1n) is 6.59. The van der Waals surface area contributed by atoms with Gasteiger partial charge in [-0.05, 0) is 37.1 Å². The minimum atomic E-state index is 0.379. The molecule has 1 aromatic rings. The molecule has 0 aliphatic carbocycles. The molecule has 0 amide bonds. The molecule has 0 aliphatic heterocycles. The van der Waals surface area contributed by atoms with Gasteiger partial charge in [0.15, 0.2) is 0 Å². The zero-order valence-corrected chi connectivity index (χ0v) is 11.0. The first-order chi connectivity index (χ1) is 8.38. The van der Waals surface area contributed by atoms with Gasteiger partial charge in [0.25, 0.3) is 0 Å². The van der Waals surface area contributed by atoms with E-state index in [1.54, 1.807) is 0 Å². The maximum absolute atomic E-state index is 5.62. The van der Waals surface area contributed by atoms with Crippen LogP contribution < -0.4 is 5.32 Å². The number of unbranched alkanes of at least 4 members (excludes halogenated alkanes) is 1. The predicted octanol–water partition coefficient (Wildman–Crippen LogP) is 2.94. The molecule has 0 spiro atoms. The van der Waals surface area contributed by atoms with Crippen molar-refractivity contribution in [2.75, 3.05) is 19.8 Å². The van der Waals surface area contributed by atoms with Gasteiger partial charge < -0.3 is 10.1 Å². The summed E-state index contributed by atoms with van der Waals surface area (Å²) in [5.74, 6) is 0. The fourth-order valence-corrected chi connectivity index (χ4v) is 1.78. The zero-order chi connectivity index (χ0) is 12.3. The van der Waals surface area contributed by atoms with Crippen LogP contribution in [-0.4, -0.2) is 24.7 Å². The standard InChI is InChI=1S/C14H24N2O/c1-3-5-11-17-12-8-14(16-4-2)13-6-9-15-10-7-13/h6-7,9-10,14,16H,3-5,8,11-12H2,1-2H3. The number of rotatable bonds is 9. The van der Waals surface area contributed by atoms with E-state index >= 15 is 0 Å². The second-order valence-corrected chi connectivity index (χ2v) is 4.15. The number of pyridine rings is 1. The van der Waals surface area contributed by atoms with E-state index in [-0.39, 0.29) is 0 Å². The molecule has 0 aliphatic rings. The quantitative estimate of drug-likeness (QED) is 0.669. The van der Waals surface area contributed by atoms with Gasteiger partial charge in [0.05, 0.1) is 0 Å². The van der Waals surface area contributed by atoms with E-state index in [4.69, 9.17) is 4.74 Å². The van der Waals surface area contributed by atoms with E-state index < -0.39 is 0 Å². The van der Waals surface area contributed by atoms with E-state index in [9.17, 15) is 0 Å². The third-order valence-electron chi connectivity index (χ3n) is 2.75. The fraction of sp³-hybridized carbons (Fsp3) is 0.643. The van der Waals surface area contributed by atoms with Crippen molar-refractivity contribution < 1.29 is 4.74 Å². The molecule has 1 N–H and O–H groups in total. The smallest absolute Gasteiger partial charge is 0.0484 e. The summed E-state index contributed by atoms with van der Waals surface area (Å²) in [7, 11) is 0. The van der Waals surface area contributed by atoms with Crippen LogP contribution in [0.2, 0.25) is 0 Å². The molecular formula is C14H24N2O. The first-order valence-corrected chi connectivity index (χ1v) is 6.59. The summed E-state index contributed by atoms with van der Waals surface area (Å²) in [4.78, 5) is 4.05. The van der Waals surface area contributed by atoms with E-state index in [0.29, 0.717) is 6.04 Å². The Kier molecular flexibility index (Phi) is 7.60. The van der Waals surface area contributed by atoms with Crippen LogP contribution >= 0.6 is 0 Å². The maximum Gasteiger partial charge on any atom is 0.0484 e. The van der Waals surface area contributed by atoms with Crippen LogP contribution in [0.1, 0.15) is 44.7 Å². The summed E-state index contributed by atoms with van der Waals surface area (Å²) in [6.45, 7) is 6.99. The average molecular weight is 236 g/mol. The summed E-state index contributed by atoms with van der Waals surface area (Å²) in [6, 6.07) is 4.52. The number of hydrogen-bond acceptors (Lipinski definition) is 3. The second-order valence-electron chi connectivity index (χ2n) is 4.15. The predicted molar refractivity (Wildman–Crippen MR) is 71.0 cm³/mol. The van der Waals surface area contributed by atoms with Crippen LogP contribution in [0.3, 0.4) is 0 Å². The number of hydrogen-bond donors (Lipinski definition) is 1. The van der Waals surface area contributed by atoms with E-state index in [2.05, 4.69) is 36.3 Å². The van der Waals surface area contributed by atoms with E-state index in [1.165, 1.54) is 12.0 Å². The monoisotopic (exact) mass is 236 g/mol. The molecule has 96 valence electrons. The second kappa shape index (κ2) is 9.14. The highest BCUT2D eigenvalue weighted by molar-refractivity contribution is 5.14. The van der Waals surface area contributed by atoms with Crippen LogP contribution in [-0.2, 0) is 4.74 Å². The Morgan fingerprint density at radius 3 is 2.65 bits per heavy atom. The molecule has 0 aromatic carbocycles. The number of aromatic nitrogens is 1. The molecule has 0 saturated carbocycles. The largest absolute Gasteiger partial charge is 0.381 e. The van der Waals surface area contributed by atoms with E-state index in [0.717, 1.165) is 32.6 Å². The molecule has 1 unspecified atom stereocenters. The molecule has 1 rings (SSSR count). The summed E-state index contributed by atoms with van der Waals surface area (Å²) in [5, 5.41) is 3.48. The van der Waals surface area contributed by atoms with Gasteiger partial charge in [-0.15, -0.1) is 0 Å². The molecule has 3 heteroatoms. The molecule has 0 fully saturated rings. The summed E-state index contributed by atoms with van der Waals surface area (Å²) in [5.41, 5.74) is 1.29. The molecule has 1 heterocycles. The molecule has 17 heavy (non-hydrogen) atoms. The van der Waals surface area contributed by atoms with Crippen molar-refractivity contribution in [1.82, 2.24) is 10.3 Å². The Bertz CT molecular complexity index is 277. The van der Waals surface area contributed by atoms with Crippen LogP contribution in [0.15, 0.2) is 24.5 Å². The fourth-order valence-electron chi connectivity index (χ4n) is 1.78. The topological polar surface area (TPSA) is 34.1 Å². The van der Waals surface area contributed by atoms with Crippen molar-refractivity contribution in [3.63, 3.8) is 0 Å². The highest BCUT2D eigenvalue weighted by Gasteiger charge is 2.09.